The lowest BCUT2D eigenvalue weighted by Gasteiger charge is -2.32. The van der Waals surface area contributed by atoms with Gasteiger partial charge in [0.05, 0.1) is 6.10 Å². The van der Waals surface area contributed by atoms with Gasteiger partial charge in [-0.05, 0) is 36.2 Å². The molecular formula is C13H19N2OSi. The molecule has 1 aromatic rings. The molecule has 0 fully saturated rings. The summed E-state index contributed by atoms with van der Waals surface area (Å²) >= 11 is 0. The van der Waals surface area contributed by atoms with Crippen molar-refractivity contribution in [2.24, 2.45) is 5.41 Å². The molecule has 17 heavy (non-hydrogen) atoms. The Morgan fingerprint density at radius 3 is 2.53 bits per heavy atom. The Balaban J connectivity index is 3.09. The number of aromatic nitrogens is 1. The molecule has 0 saturated carbocycles. The summed E-state index contributed by atoms with van der Waals surface area (Å²) in [4.78, 5) is 3.99. The molecule has 0 bridgehead atoms. The molecule has 4 heteroatoms. The standard InChI is InChI=1S/C13H19N2OSi/c1-13(2,3)12(16-17(4)5)10-6-7-15-11(8-10)9-14/h6-8,12H,1-5H3. The Kier molecular flexibility index (Phi) is 4.44. The highest BCUT2D eigenvalue weighted by atomic mass is 28.3. The van der Waals surface area contributed by atoms with Crippen molar-refractivity contribution >= 4 is 9.04 Å². The molecule has 0 spiro atoms. The fraction of sp³-hybridized carbons (Fsp3) is 0.538. The van der Waals surface area contributed by atoms with Crippen molar-refractivity contribution in [3.63, 3.8) is 0 Å². The zero-order chi connectivity index (χ0) is 13.1. The van der Waals surface area contributed by atoms with Gasteiger partial charge in [-0.15, -0.1) is 0 Å². The minimum absolute atomic E-state index is 0.00994. The first-order valence-electron chi connectivity index (χ1n) is 5.67. The average Bonchev–Trinajstić information content (AvgIpc) is 2.24. The van der Waals surface area contributed by atoms with E-state index in [2.05, 4.69) is 44.9 Å². The van der Waals surface area contributed by atoms with Gasteiger partial charge in [-0.3, -0.25) is 0 Å². The van der Waals surface area contributed by atoms with Crippen molar-refractivity contribution in [2.45, 2.75) is 40.0 Å². The van der Waals surface area contributed by atoms with Crippen LogP contribution in [0.4, 0.5) is 0 Å². The van der Waals surface area contributed by atoms with E-state index in [1.165, 1.54) is 0 Å². The molecule has 0 saturated heterocycles. The zero-order valence-corrected chi connectivity index (χ0v) is 12.1. The third-order valence-corrected chi connectivity index (χ3v) is 3.05. The lowest BCUT2D eigenvalue weighted by Crippen LogP contribution is -2.26. The van der Waals surface area contributed by atoms with Crippen molar-refractivity contribution in [1.82, 2.24) is 4.98 Å². The first kappa shape index (κ1) is 13.9. The van der Waals surface area contributed by atoms with Crippen LogP contribution in [0, 0.1) is 16.7 Å². The maximum atomic E-state index is 8.88. The number of hydrogen-bond acceptors (Lipinski definition) is 3. The highest BCUT2D eigenvalue weighted by molar-refractivity contribution is 6.48. The molecule has 0 aliphatic rings. The smallest absolute Gasteiger partial charge is 0.205 e. The summed E-state index contributed by atoms with van der Waals surface area (Å²) in [6.07, 6.45) is 1.69. The fourth-order valence-corrected chi connectivity index (χ4v) is 2.61. The van der Waals surface area contributed by atoms with Gasteiger partial charge in [0.1, 0.15) is 11.8 Å². The van der Waals surface area contributed by atoms with Gasteiger partial charge in [0.15, 0.2) is 0 Å². The van der Waals surface area contributed by atoms with E-state index in [1.807, 2.05) is 12.1 Å². The summed E-state index contributed by atoms with van der Waals surface area (Å²) in [6.45, 7) is 10.7. The zero-order valence-electron chi connectivity index (χ0n) is 11.1. The summed E-state index contributed by atoms with van der Waals surface area (Å²) in [5.74, 6) is 0. The van der Waals surface area contributed by atoms with Crippen LogP contribution in [0.1, 0.15) is 38.1 Å². The molecule has 0 aliphatic carbocycles. The van der Waals surface area contributed by atoms with E-state index < -0.39 is 9.04 Å². The molecule has 1 aromatic heterocycles. The Hall–Kier alpha value is -1.18. The van der Waals surface area contributed by atoms with Crippen molar-refractivity contribution in [1.29, 1.82) is 5.26 Å². The van der Waals surface area contributed by atoms with Crippen molar-refractivity contribution in [3.05, 3.63) is 29.6 Å². The summed E-state index contributed by atoms with van der Waals surface area (Å²) in [5, 5.41) is 8.88. The van der Waals surface area contributed by atoms with Gasteiger partial charge in [-0.1, -0.05) is 20.8 Å². The minimum Gasteiger partial charge on any atom is -0.410 e. The molecule has 1 rings (SSSR count). The normalized spacial score (nSPS) is 13.5. The third-order valence-electron chi connectivity index (χ3n) is 2.34. The SMILES string of the molecule is C[Si](C)OC(c1ccnc(C#N)c1)C(C)(C)C. The Bertz CT molecular complexity index is 418. The van der Waals surface area contributed by atoms with Gasteiger partial charge in [0.2, 0.25) is 9.04 Å². The largest absolute Gasteiger partial charge is 0.410 e. The summed E-state index contributed by atoms with van der Waals surface area (Å²) < 4.78 is 6.06. The number of nitrogens with zero attached hydrogens (tertiary/aromatic N) is 2. The van der Waals surface area contributed by atoms with Gasteiger partial charge in [0, 0.05) is 6.20 Å². The van der Waals surface area contributed by atoms with E-state index in [0.29, 0.717) is 5.69 Å². The van der Waals surface area contributed by atoms with Crippen LogP contribution in [0.25, 0.3) is 0 Å². The van der Waals surface area contributed by atoms with E-state index in [0.717, 1.165) is 5.56 Å². The van der Waals surface area contributed by atoms with Crippen molar-refractivity contribution in [3.8, 4) is 6.07 Å². The van der Waals surface area contributed by atoms with Gasteiger partial charge in [0.25, 0.3) is 0 Å². The molecule has 0 aromatic carbocycles. The fourth-order valence-electron chi connectivity index (χ4n) is 1.65. The van der Waals surface area contributed by atoms with Crippen molar-refractivity contribution < 1.29 is 4.43 Å². The lowest BCUT2D eigenvalue weighted by molar-refractivity contribution is 0.0865. The van der Waals surface area contributed by atoms with Gasteiger partial charge >= 0.3 is 0 Å². The van der Waals surface area contributed by atoms with Crippen LogP contribution in [0.3, 0.4) is 0 Å². The van der Waals surface area contributed by atoms with Crippen LogP contribution in [0.5, 0.6) is 0 Å². The van der Waals surface area contributed by atoms with Crippen LogP contribution < -0.4 is 0 Å². The molecular weight excluding hydrogens is 228 g/mol. The van der Waals surface area contributed by atoms with Crippen LogP contribution in [-0.4, -0.2) is 14.0 Å². The number of rotatable bonds is 3. The minimum atomic E-state index is -0.785. The highest BCUT2D eigenvalue weighted by Crippen LogP contribution is 2.36. The predicted molar refractivity (Wildman–Crippen MR) is 69.7 cm³/mol. The molecule has 1 atom stereocenters. The van der Waals surface area contributed by atoms with Crippen LogP contribution in [0.2, 0.25) is 13.1 Å². The summed E-state index contributed by atoms with van der Waals surface area (Å²) in [7, 11) is -0.785. The Morgan fingerprint density at radius 1 is 1.41 bits per heavy atom. The molecule has 0 N–H and O–H groups in total. The second-order valence-electron chi connectivity index (χ2n) is 5.36. The molecule has 1 heterocycles. The quantitative estimate of drug-likeness (QED) is 0.770. The molecule has 91 valence electrons. The number of pyridine rings is 1. The highest BCUT2D eigenvalue weighted by Gasteiger charge is 2.28. The van der Waals surface area contributed by atoms with Gasteiger partial charge in [-0.2, -0.15) is 5.26 Å². The molecule has 0 amide bonds. The van der Waals surface area contributed by atoms with Gasteiger partial charge < -0.3 is 4.43 Å². The maximum absolute atomic E-state index is 8.88. The van der Waals surface area contributed by atoms with E-state index in [-0.39, 0.29) is 11.5 Å². The monoisotopic (exact) mass is 247 g/mol. The Labute approximate surface area is 105 Å². The first-order valence-corrected chi connectivity index (χ1v) is 8.08. The maximum Gasteiger partial charge on any atom is 0.205 e. The average molecular weight is 247 g/mol. The van der Waals surface area contributed by atoms with Crippen molar-refractivity contribution in [2.75, 3.05) is 0 Å². The third kappa shape index (κ3) is 3.95. The molecule has 1 radical (unpaired) electrons. The predicted octanol–water partition coefficient (Wildman–Crippen LogP) is 3.31. The van der Waals surface area contributed by atoms with E-state index in [9.17, 15) is 0 Å². The van der Waals surface area contributed by atoms with E-state index in [1.54, 1.807) is 6.20 Å². The van der Waals surface area contributed by atoms with Gasteiger partial charge in [-0.25, -0.2) is 4.98 Å². The van der Waals surface area contributed by atoms with E-state index in [4.69, 9.17) is 9.69 Å². The molecule has 0 aliphatic heterocycles. The second kappa shape index (κ2) is 5.43. The number of hydrogen-bond donors (Lipinski definition) is 0. The lowest BCUT2D eigenvalue weighted by atomic mass is 9.85. The molecule has 3 nitrogen and oxygen atoms in total. The Morgan fingerprint density at radius 2 is 2.06 bits per heavy atom. The second-order valence-corrected chi connectivity index (χ2v) is 7.41. The van der Waals surface area contributed by atoms with E-state index >= 15 is 0 Å². The van der Waals surface area contributed by atoms with Crippen LogP contribution in [0.15, 0.2) is 18.3 Å². The topological polar surface area (TPSA) is 45.9 Å². The van der Waals surface area contributed by atoms with Crippen LogP contribution >= 0.6 is 0 Å². The number of nitriles is 1. The summed E-state index contributed by atoms with van der Waals surface area (Å²) in [6, 6.07) is 5.82. The molecule has 1 unspecified atom stereocenters. The summed E-state index contributed by atoms with van der Waals surface area (Å²) in [5.41, 5.74) is 1.49. The first-order chi connectivity index (χ1) is 7.84. The van der Waals surface area contributed by atoms with Crippen LogP contribution in [-0.2, 0) is 4.43 Å².